The number of benzene rings is 2. The molecule has 2 aromatic carbocycles. The van der Waals surface area contributed by atoms with Crippen LogP contribution in [0.25, 0.3) is 11.0 Å². The number of guanidine groups is 1. The largest absolute Gasteiger partial charge is 0.451 e. The van der Waals surface area contributed by atoms with Gasteiger partial charge in [-0.15, -0.1) is 0 Å². The first-order valence-corrected chi connectivity index (χ1v) is 9.41. The molecule has 1 unspecified atom stereocenters. The van der Waals surface area contributed by atoms with Gasteiger partial charge in [-0.3, -0.25) is 14.5 Å². The molecule has 7 nitrogen and oxygen atoms in total. The number of hydrogen-bond donors (Lipinski definition) is 2. The van der Waals surface area contributed by atoms with Gasteiger partial charge in [0.2, 0.25) is 5.91 Å². The summed E-state index contributed by atoms with van der Waals surface area (Å²) in [7, 11) is 1.52. The maximum Gasteiger partial charge on any atom is 0.291 e. The lowest BCUT2D eigenvalue weighted by atomic mass is 9.87. The molecule has 154 valence electrons. The number of nitrogens with one attached hydrogen (secondary N) is 1. The van der Waals surface area contributed by atoms with Crippen molar-refractivity contribution in [2.75, 3.05) is 12.4 Å². The maximum atomic E-state index is 14.6. The van der Waals surface area contributed by atoms with E-state index in [4.69, 9.17) is 10.2 Å². The first-order chi connectivity index (χ1) is 14.2. The summed E-state index contributed by atoms with van der Waals surface area (Å²) in [5.41, 5.74) is 6.52. The number of aliphatic imine (C=N–C) groups is 1. The number of fused-ring (bicyclic) bond motifs is 1. The van der Waals surface area contributed by atoms with Crippen molar-refractivity contribution in [1.82, 2.24) is 4.90 Å². The summed E-state index contributed by atoms with van der Waals surface area (Å²) in [5, 5.41) is 3.59. The van der Waals surface area contributed by atoms with Crippen LogP contribution in [0.5, 0.6) is 0 Å². The molecule has 0 spiro atoms. The minimum Gasteiger partial charge on any atom is -0.451 e. The number of amides is 2. The fourth-order valence-electron chi connectivity index (χ4n) is 3.66. The molecule has 2 amide bonds. The molecule has 0 saturated heterocycles. The van der Waals surface area contributed by atoms with Crippen LogP contribution < -0.4 is 11.1 Å². The minimum atomic E-state index is -1.17. The highest BCUT2D eigenvalue weighted by molar-refractivity contribution is 6.06. The fourth-order valence-corrected chi connectivity index (χ4v) is 3.66. The van der Waals surface area contributed by atoms with E-state index in [-0.39, 0.29) is 29.6 Å². The number of rotatable bonds is 3. The maximum absolute atomic E-state index is 14.6. The van der Waals surface area contributed by atoms with Crippen molar-refractivity contribution < 1.29 is 18.4 Å². The van der Waals surface area contributed by atoms with E-state index in [0.29, 0.717) is 11.3 Å². The predicted octanol–water partition coefficient (Wildman–Crippen LogP) is 3.52. The van der Waals surface area contributed by atoms with Gasteiger partial charge in [0.1, 0.15) is 11.4 Å². The zero-order valence-electron chi connectivity index (χ0n) is 16.8. The van der Waals surface area contributed by atoms with Gasteiger partial charge in [-0.05, 0) is 38.1 Å². The molecule has 1 atom stereocenters. The van der Waals surface area contributed by atoms with Gasteiger partial charge in [0.25, 0.3) is 5.91 Å². The van der Waals surface area contributed by atoms with Crippen LogP contribution in [-0.2, 0) is 10.3 Å². The van der Waals surface area contributed by atoms with Crippen molar-refractivity contribution >= 4 is 34.4 Å². The minimum absolute atomic E-state index is 0.0143. The van der Waals surface area contributed by atoms with Crippen LogP contribution in [0.3, 0.4) is 0 Å². The van der Waals surface area contributed by atoms with Gasteiger partial charge in [0.05, 0.1) is 12.0 Å². The number of hydrogen-bond acceptors (Lipinski definition) is 5. The number of anilines is 1. The number of carbonyl (C=O) groups excluding carboxylic acids is 2. The number of halogens is 1. The van der Waals surface area contributed by atoms with Crippen molar-refractivity contribution in [1.29, 1.82) is 0 Å². The summed E-state index contributed by atoms with van der Waals surface area (Å²) in [6.45, 7) is 3.44. The van der Waals surface area contributed by atoms with Crippen LogP contribution in [0.1, 0.15) is 35.0 Å². The highest BCUT2D eigenvalue weighted by Gasteiger charge is 2.38. The molecular weight excluding hydrogens is 387 g/mol. The molecule has 2 heterocycles. The summed E-state index contributed by atoms with van der Waals surface area (Å²) in [6, 6.07) is 11.5. The van der Waals surface area contributed by atoms with Crippen LogP contribution >= 0.6 is 0 Å². The summed E-state index contributed by atoms with van der Waals surface area (Å²) >= 11 is 0. The van der Waals surface area contributed by atoms with Gasteiger partial charge < -0.3 is 15.5 Å². The number of nitrogens with zero attached hydrogens (tertiary/aromatic N) is 2. The topological polar surface area (TPSA) is 101 Å². The molecule has 3 N–H and O–H groups in total. The van der Waals surface area contributed by atoms with Crippen molar-refractivity contribution in [3.63, 3.8) is 0 Å². The van der Waals surface area contributed by atoms with E-state index in [1.54, 1.807) is 19.9 Å². The lowest BCUT2D eigenvalue weighted by Gasteiger charge is -2.34. The number of para-hydroxylation sites is 1. The van der Waals surface area contributed by atoms with Gasteiger partial charge in [-0.1, -0.05) is 18.2 Å². The first-order valence-electron chi connectivity index (χ1n) is 9.41. The average Bonchev–Trinajstić information content (AvgIpc) is 3.04. The smallest absolute Gasteiger partial charge is 0.291 e. The average molecular weight is 408 g/mol. The van der Waals surface area contributed by atoms with E-state index in [1.165, 1.54) is 30.1 Å². The Kier molecular flexibility index (Phi) is 4.57. The monoisotopic (exact) mass is 408 g/mol. The lowest BCUT2D eigenvalue weighted by molar-refractivity contribution is -0.128. The van der Waals surface area contributed by atoms with Crippen LogP contribution in [0.15, 0.2) is 51.9 Å². The standard InChI is InChI=1S/C22H21FN4O3/c1-12-14-6-4-5-7-17(14)30-19(12)20(29)25-13-8-9-16(23)15(10-13)22(2)11-18(28)27(3)21(24)26-22/h4-10H,11H2,1-3H3,(H2,24,26)(H,25,29). The zero-order chi connectivity index (χ0) is 21.6. The Morgan fingerprint density at radius 2 is 2.03 bits per heavy atom. The Bertz CT molecular complexity index is 1220. The highest BCUT2D eigenvalue weighted by Crippen LogP contribution is 2.36. The lowest BCUT2D eigenvalue weighted by Crippen LogP contribution is -2.47. The summed E-state index contributed by atoms with van der Waals surface area (Å²) in [5.74, 6) is -1.06. The Balaban J connectivity index is 1.67. The molecule has 0 aliphatic carbocycles. The van der Waals surface area contributed by atoms with E-state index < -0.39 is 17.3 Å². The molecular formula is C22H21FN4O3. The summed E-state index contributed by atoms with van der Waals surface area (Å²) in [6.07, 6.45) is -0.0405. The second-order valence-electron chi connectivity index (χ2n) is 7.57. The van der Waals surface area contributed by atoms with Crippen LogP contribution in [0.4, 0.5) is 10.1 Å². The number of nitrogens with two attached hydrogens (primary N) is 1. The molecule has 0 radical (unpaired) electrons. The van der Waals surface area contributed by atoms with Gasteiger partial charge in [-0.2, -0.15) is 0 Å². The predicted molar refractivity (Wildman–Crippen MR) is 112 cm³/mol. The Morgan fingerprint density at radius 1 is 1.30 bits per heavy atom. The molecule has 1 aliphatic heterocycles. The third-order valence-corrected chi connectivity index (χ3v) is 5.43. The van der Waals surface area contributed by atoms with Crippen LogP contribution in [0, 0.1) is 12.7 Å². The van der Waals surface area contributed by atoms with E-state index in [9.17, 15) is 14.0 Å². The molecule has 30 heavy (non-hydrogen) atoms. The second kappa shape index (κ2) is 6.98. The second-order valence-corrected chi connectivity index (χ2v) is 7.57. The van der Waals surface area contributed by atoms with Crippen LogP contribution in [0.2, 0.25) is 0 Å². The van der Waals surface area contributed by atoms with Gasteiger partial charge in [-0.25, -0.2) is 9.38 Å². The van der Waals surface area contributed by atoms with Crippen molar-refractivity contribution in [3.05, 3.63) is 65.2 Å². The summed E-state index contributed by atoms with van der Waals surface area (Å²) in [4.78, 5) is 30.6. The molecule has 0 saturated carbocycles. The van der Waals surface area contributed by atoms with Crippen molar-refractivity contribution in [2.45, 2.75) is 25.8 Å². The van der Waals surface area contributed by atoms with E-state index in [1.807, 2.05) is 18.2 Å². The molecule has 3 aromatic rings. The molecule has 8 heteroatoms. The number of furan rings is 1. The molecule has 1 aromatic heterocycles. The normalized spacial score (nSPS) is 19.1. The zero-order valence-corrected chi connectivity index (χ0v) is 16.8. The number of carbonyl (C=O) groups is 2. The Labute approximate surface area is 172 Å². The van der Waals surface area contributed by atoms with Crippen LogP contribution in [-0.4, -0.2) is 29.7 Å². The fraction of sp³-hybridized carbons (Fsp3) is 0.227. The third-order valence-electron chi connectivity index (χ3n) is 5.43. The number of aryl methyl sites for hydroxylation is 1. The third kappa shape index (κ3) is 3.20. The first kappa shape index (κ1) is 19.6. The highest BCUT2D eigenvalue weighted by atomic mass is 19.1. The SMILES string of the molecule is Cc1c(C(=O)Nc2ccc(F)c(C3(C)CC(=O)N(C)C(N)=N3)c2)oc2ccccc12. The van der Waals surface area contributed by atoms with E-state index in [0.717, 1.165) is 10.9 Å². The molecule has 0 bridgehead atoms. The van der Waals surface area contributed by atoms with E-state index in [2.05, 4.69) is 10.3 Å². The van der Waals surface area contributed by atoms with Crippen molar-refractivity contribution in [2.24, 2.45) is 10.7 Å². The molecule has 1 aliphatic rings. The molecule has 4 rings (SSSR count). The quantitative estimate of drug-likeness (QED) is 0.692. The molecule has 0 fully saturated rings. The van der Waals surface area contributed by atoms with Gasteiger partial charge in [0.15, 0.2) is 11.7 Å². The van der Waals surface area contributed by atoms with Gasteiger partial charge >= 0.3 is 0 Å². The Morgan fingerprint density at radius 3 is 2.73 bits per heavy atom. The summed E-state index contributed by atoms with van der Waals surface area (Å²) < 4.78 is 20.3. The Hall–Kier alpha value is -3.68. The van der Waals surface area contributed by atoms with Crippen molar-refractivity contribution in [3.8, 4) is 0 Å². The van der Waals surface area contributed by atoms with E-state index >= 15 is 0 Å². The van der Waals surface area contributed by atoms with Gasteiger partial charge in [0, 0.05) is 29.2 Å².